The van der Waals surface area contributed by atoms with Crippen molar-refractivity contribution in [3.8, 4) is 23.1 Å². The predicted molar refractivity (Wildman–Crippen MR) is 170 cm³/mol. The van der Waals surface area contributed by atoms with Gasteiger partial charge in [0.15, 0.2) is 6.29 Å². The van der Waals surface area contributed by atoms with Crippen LogP contribution in [-0.2, 0) is 9.59 Å². The molecule has 7 N–H and O–H groups in total. The van der Waals surface area contributed by atoms with Crippen LogP contribution in [0.3, 0.4) is 0 Å². The molecular weight excluding hydrogens is 568 g/mol. The number of carbonyl (C=O) groups is 3. The van der Waals surface area contributed by atoms with Crippen LogP contribution in [0.15, 0.2) is 67.0 Å². The molecular formula is C32H37ClN6O4. The Morgan fingerprint density at radius 1 is 1.07 bits per heavy atom. The minimum Gasteiger partial charge on any atom is -0.372 e. The summed E-state index contributed by atoms with van der Waals surface area (Å²) in [6.45, 7) is 4.06. The van der Waals surface area contributed by atoms with Crippen LogP contribution in [0, 0.1) is 18.8 Å². The summed E-state index contributed by atoms with van der Waals surface area (Å²) in [5.74, 6) is 10.5. The van der Waals surface area contributed by atoms with Gasteiger partial charge >= 0.3 is 0 Å². The zero-order valence-corrected chi connectivity index (χ0v) is 25.2. The topological polar surface area (TPSA) is 173 Å². The molecule has 0 spiro atoms. The second-order valence-electron chi connectivity index (χ2n) is 8.83. The van der Waals surface area contributed by atoms with Gasteiger partial charge in [0.2, 0.25) is 12.3 Å². The molecule has 11 heteroatoms. The summed E-state index contributed by atoms with van der Waals surface area (Å²) in [6.07, 6.45) is 7.85. The maximum atomic E-state index is 11.4. The average Bonchev–Trinajstić information content (AvgIpc) is 3.01. The molecule has 226 valence electrons. The zero-order valence-electron chi connectivity index (χ0n) is 24.4. The van der Waals surface area contributed by atoms with E-state index in [9.17, 15) is 9.59 Å². The molecule has 0 unspecified atom stereocenters. The molecule has 0 atom stereocenters. The summed E-state index contributed by atoms with van der Waals surface area (Å²) in [5, 5.41) is 9.44. The third-order valence-electron chi connectivity index (χ3n) is 5.55. The van der Waals surface area contributed by atoms with Crippen molar-refractivity contribution in [3.05, 3.63) is 94.3 Å². The molecule has 4 rings (SSSR count). The lowest BCUT2D eigenvalue weighted by Gasteiger charge is -2.06. The number of nitrogens with one attached hydrogen (secondary N) is 2. The first kappa shape index (κ1) is 36.4. The molecule has 0 aliphatic heterocycles. The van der Waals surface area contributed by atoms with Crippen molar-refractivity contribution < 1.29 is 19.6 Å². The molecule has 4 aromatic rings. The number of benzene rings is 2. The van der Waals surface area contributed by atoms with Crippen LogP contribution < -0.4 is 22.5 Å². The smallest absolute Gasteiger partial charge is 0.243 e. The molecule has 0 fully saturated rings. The number of pyridine rings is 2. The van der Waals surface area contributed by atoms with Crippen LogP contribution in [0.25, 0.3) is 22.2 Å². The number of nitrogens with two attached hydrogens (primary N) is 2. The number of nitrogens with zero attached hydrogens (tertiary/aromatic N) is 2. The molecule has 0 saturated heterocycles. The minimum atomic E-state index is -0.288. The Hall–Kier alpha value is -4.66. The van der Waals surface area contributed by atoms with E-state index in [-0.39, 0.29) is 12.3 Å². The number of aldehydes is 1. The molecule has 43 heavy (non-hydrogen) atoms. The third-order valence-corrected chi connectivity index (χ3v) is 5.86. The largest absolute Gasteiger partial charge is 0.372 e. The van der Waals surface area contributed by atoms with Crippen LogP contribution in [-0.4, -0.2) is 40.8 Å². The lowest BCUT2D eigenvalue weighted by atomic mass is 10.0. The zero-order chi connectivity index (χ0) is 32.0. The number of carbonyl (C=O) groups excluding carboxylic acids is 3. The van der Waals surface area contributed by atoms with Gasteiger partial charge in [-0.1, -0.05) is 61.4 Å². The lowest BCUT2D eigenvalue weighted by Crippen LogP contribution is -2.17. The van der Waals surface area contributed by atoms with Crippen molar-refractivity contribution in [1.82, 2.24) is 20.9 Å². The Labute approximate surface area is 256 Å². The van der Waals surface area contributed by atoms with Crippen molar-refractivity contribution in [2.45, 2.75) is 39.5 Å². The molecule has 0 aliphatic carbocycles. The van der Waals surface area contributed by atoms with E-state index in [1.807, 2.05) is 49.4 Å². The molecule has 0 aliphatic rings. The highest BCUT2D eigenvalue weighted by Gasteiger charge is 2.07. The highest BCUT2D eigenvalue weighted by molar-refractivity contribution is 6.31. The van der Waals surface area contributed by atoms with E-state index < -0.39 is 0 Å². The molecule has 2 amide bonds. The minimum absolute atomic E-state index is 0.250. The number of unbranched alkanes of at least 4 members (excludes halogenated alkanes) is 2. The van der Waals surface area contributed by atoms with Gasteiger partial charge in [-0.15, -0.1) is 0 Å². The van der Waals surface area contributed by atoms with Crippen LogP contribution in [0.5, 0.6) is 0 Å². The standard InChI is InChI=1S/C24H15ClN2O.C6H13NO2.CH6N2.CH3NO/c1-16-2-6-18(22(25)12-16)7-3-17-4-8-19(9-5-17)24-13-20(15-28)21-14-26-11-10-23(21)27-24;1-2-3-4-5-6(8)7-9;1-3-2;2-1-3/h2,4-6,8-15H,1H3;9H,2-5H2,1H3,(H,7,8);3H,2H2,1H3;1H,(H2,2,3). The SMILES string of the molecule is CCCCCC(=O)NO.CNN.Cc1ccc(C#Cc2ccc(-c3cc(C=O)c4cnccc4n3)cc2)c(Cl)c1.NC=O. The van der Waals surface area contributed by atoms with E-state index in [2.05, 4.69) is 45.7 Å². The number of halogens is 1. The van der Waals surface area contributed by atoms with Gasteiger partial charge < -0.3 is 5.73 Å². The van der Waals surface area contributed by atoms with E-state index in [4.69, 9.17) is 21.6 Å². The van der Waals surface area contributed by atoms with E-state index in [0.717, 1.165) is 64.4 Å². The Balaban J connectivity index is 0.000000516. The molecule has 0 bridgehead atoms. The number of aromatic nitrogens is 2. The van der Waals surface area contributed by atoms with Crippen molar-refractivity contribution in [3.63, 3.8) is 0 Å². The van der Waals surface area contributed by atoms with Gasteiger partial charge in [0, 0.05) is 46.5 Å². The van der Waals surface area contributed by atoms with E-state index in [0.29, 0.717) is 17.0 Å². The summed E-state index contributed by atoms with van der Waals surface area (Å²) in [5.41, 5.74) is 13.8. The van der Waals surface area contributed by atoms with E-state index >= 15 is 0 Å². The highest BCUT2D eigenvalue weighted by atomic mass is 35.5. The summed E-state index contributed by atoms with van der Waals surface area (Å²) in [7, 11) is 1.65. The van der Waals surface area contributed by atoms with Gasteiger partial charge in [0.25, 0.3) is 0 Å². The third kappa shape index (κ3) is 13.2. The fourth-order valence-electron chi connectivity index (χ4n) is 3.52. The normalized spacial score (nSPS) is 9.35. The number of aryl methyl sites for hydroxylation is 1. The number of fused-ring (bicyclic) bond motifs is 1. The maximum Gasteiger partial charge on any atom is 0.243 e. The summed E-state index contributed by atoms with van der Waals surface area (Å²) in [4.78, 5) is 39.1. The van der Waals surface area contributed by atoms with Crippen LogP contribution in [0.4, 0.5) is 0 Å². The molecule has 0 radical (unpaired) electrons. The summed E-state index contributed by atoms with van der Waals surface area (Å²) < 4.78 is 0. The second kappa shape index (κ2) is 21.1. The number of amides is 2. The fourth-order valence-corrected chi connectivity index (χ4v) is 3.80. The van der Waals surface area contributed by atoms with Crippen molar-refractivity contribution in [2.75, 3.05) is 7.05 Å². The van der Waals surface area contributed by atoms with Crippen molar-refractivity contribution in [2.24, 2.45) is 11.6 Å². The number of rotatable bonds is 6. The summed E-state index contributed by atoms with van der Waals surface area (Å²) in [6, 6.07) is 17.2. The highest BCUT2D eigenvalue weighted by Crippen LogP contribution is 2.24. The predicted octanol–water partition coefficient (Wildman–Crippen LogP) is 4.72. The van der Waals surface area contributed by atoms with Gasteiger partial charge in [0.1, 0.15) is 0 Å². The Kier molecular flexibility index (Phi) is 17.8. The number of hydrogen-bond acceptors (Lipinski definition) is 8. The number of primary amides is 1. The lowest BCUT2D eigenvalue weighted by molar-refractivity contribution is -0.129. The first-order valence-electron chi connectivity index (χ1n) is 13.3. The molecule has 10 nitrogen and oxygen atoms in total. The van der Waals surface area contributed by atoms with Crippen LogP contribution in [0.2, 0.25) is 5.02 Å². The molecule has 0 saturated carbocycles. The van der Waals surface area contributed by atoms with Crippen LogP contribution >= 0.6 is 11.6 Å². The van der Waals surface area contributed by atoms with Gasteiger partial charge in [-0.25, -0.2) is 10.5 Å². The number of hydroxylamine groups is 1. The van der Waals surface area contributed by atoms with Crippen molar-refractivity contribution in [1.29, 1.82) is 0 Å². The second-order valence-corrected chi connectivity index (χ2v) is 9.24. The van der Waals surface area contributed by atoms with Crippen molar-refractivity contribution >= 4 is 41.1 Å². The monoisotopic (exact) mass is 604 g/mol. The number of hydrogen-bond donors (Lipinski definition) is 5. The Morgan fingerprint density at radius 3 is 2.33 bits per heavy atom. The molecule has 2 heterocycles. The molecule has 2 aromatic carbocycles. The Morgan fingerprint density at radius 2 is 1.74 bits per heavy atom. The van der Waals surface area contributed by atoms with Gasteiger partial charge in [-0.3, -0.25) is 35.8 Å². The average molecular weight is 605 g/mol. The van der Waals surface area contributed by atoms with E-state index in [1.54, 1.807) is 37.1 Å². The molecule has 2 aromatic heterocycles. The maximum absolute atomic E-state index is 11.4. The van der Waals surface area contributed by atoms with E-state index in [1.165, 1.54) is 0 Å². The first-order chi connectivity index (χ1) is 20.8. The van der Waals surface area contributed by atoms with Gasteiger partial charge in [-0.2, -0.15) is 0 Å². The van der Waals surface area contributed by atoms with Crippen LogP contribution in [0.1, 0.15) is 59.7 Å². The van der Waals surface area contributed by atoms with Gasteiger partial charge in [-0.05, 0) is 62.4 Å². The summed E-state index contributed by atoms with van der Waals surface area (Å²) >= 11 is 6.23. The fraction of sp³-hybridized carbons (Fsp3) is 0.219. The number of hydrazine groups is 1. The quantitative estimate of drug-likeness (QED) is 0.0524. The van der Waals surface area contributed by atoms with Gasteiger partial charge in [0.05, 0.1) is 16.2 Å². The first-order valence-corrected chi connectivity index (χ1v) is 13.7. The Bertz CT molecular complexity index is 1520.